The van der Waals surface area contributed by atoms with E-state index in [1.54, 1.807) is 0 Å². The van der Waals surface area contributed by atoms with Gasteiger partial charge in [0.15, 0.2) is 0 Å². The van der Waals surface area contributed by atoms with Crippen molar-refractivity contribution in [3.63, 3.8) is 0 Å². The van der Waals surface area contributed by atoms with Crippen molar-refractivity contribution in [1.29, 1.82) is 0 Å². The maximum Gasteiger partial charge on any atom is 0.331 e. The largest absolute Gasteiger partial charge is 0.331 e. The summed E-state index contributed by atoms with van der Waals surface area (Å²) in [7, 11) is -2.98. The summed E-state index contributed by atoms with van der Waals surface area (Å²) in [5.41, 5.74) is 0. The summed E-state index contributed by atoms with van der Waals surface area (Å²) < 4.78 is 25.8. The Bertz CT molecular complexity index is 356. The number of unbranched alkanes of at least 4 members (excludes halogenated alkanes) is 1. The molecule has 24 heavy (non-hydrogen) atoms. The van der Waals surface area contributed by atoms with Crippen LogP contribution in [0.3, 0.4) is 0 Å². The van der Waals surface area contributed by atoms with Crippen molar-refractivity contribution < 1.29 is 13.6 Å². The van der Waals surface area contributed by atoms with Gasteiger partial charge in [-0.3, -0.25) is 4.57 Å². The Balaban J connectivity index is 1.94. The van der Waals surface area contributed by atoms with Gasteiger partial charge in [0.1, 0.15) is 0 Å². The maximum absolute atomic E-state index is 13.4. The minimum Gasteiger partial charge on any atom is -0.305 e. The van der Waals surface area contributed by atoms with Crippen LogP contribution in [0.15, 0.2) is 0 Å². The van der Waals surface area contributed by atoms with Crippen LogP contribution in [0.25, 0.3) is 0 Å². The predicted octanol–water partition coefficient (Wildman–Crippen LogP) is 6.95. The van der Waals surface area contributed by atoms with E-state index in [2.05, 4.69) is 20.8 Å². The molecule has 0 radical (unpaired) electrons. The highest BCUT2D eigenvalue weighted by Crippen LogP contribution is 2.54. The average Bonchev–Trinajstić information content (AvgIpc) is 2.61. The Labute approximate surface area is 149 Å². The van der Waals surface area contributed by atoms with E-state index < -0.39 is 7.60 Å². The van der Waals surface area contributed by atoms with Crippen LogP contribution in [0.5, 0.6) is 0 Å². The molecule has 0 saturated heterocycles. The zero-order valence-electron chi connectivity index (χ0n) is 16.2. The molecule has 2 saturated carbocycles. The first kappa shape index (κ1) is 20.5. The molecule has 0 bridgehead atoms. The molecule has 2 unspecified atom stereocenters. The lowest BCUT2D eigenvalue weighted by molar-refractivity contribution is 0.0580. The van der Waals surface area contributed by atoms with Crippen LogP contribution in [-0.2, 0) is 13.6 Å². The van der Waals surface area contributed by atoms with E-state index in [1.807, 2.05) is 0 Å². The standard InChI is InChI=1S/C20H39O3P/c1-4-5-16-24(21,22-17(2)19-12-8-6-9-13-19)23-18(3)20-14-10-7-11-15-20/h17-20H,4-16H2,1-3H3. The van der Waals surface area contributed by atoms with E-state index in [4.69, 9.17) is 9.05 Å². The molecular formula is C20H39O3P. The minimum absolute atomic E-state index is 0.0616. The predicted molar refractivity (Wildman–Crippen MR) is 102 cm³/mol. The van der Waals surface area contributed by atoms with E-state index in [-0.39, 0.29) is 12.2 Å². The second-order valence-electron chi connectivity index (χ2n) is 8.11. The number of hydrogen-bond acceptors (Lipinski definition) is 3. The summed E-state index contributed by atoms with van der Waals surface area (Å²) in [6.07, 6.45) is 15.4. The van der Waals surface area contributed by atoms with Crippen LogP contribution >= 0.6 is 7.60 Å². The molecule has 2 aliphatic carbocycles. The summed E-state index contributed by atoms with van der Waals surface area (Å²) in [6.45, 7) is 6.37. The monoisotopic (exact) mass is 358 g/mol. The first-order valence-corrected chi connectivity index (χ1v) is 12.2. The summed E-state index contributed by atoms with van der Waals surface area (Å²) in [5, 5.41) is 0. The molecule has 0 amide bonds. The first-order chi connectivity index (χ1) is 11.5. The molecular weight excluding hydrogens is 319 g/mol. The van der Waals surface area contributed by atoms with Crippen molar-refractivity contribution in [2.75, 3.05) is 6.16 Å². The van der Waals surface area contributed by atoms with E-state index in [9.17, 15) is 4.57 Å². The molecule has 0 aromatic carbocycles. The van der Waals surface area contributed by atoms with Crippen LogP contribution in [-0.4, -0.2) is 18.4 Å². The number of hydrogen-bond donors (Lipinski definition) is 0. The second-order valence-corrected chi connectivity index (χ2v) is 10.2. The van der Waals surface area contributed by atoms with Gasteiger partial charge in [-0.15, -0.1) is 0 Å². The fourth-order valence-electron chi connectivity index (χ4n) is 4.37. The Morgan fingerprint density at radius 3 is 1.62 bits per heavy atom. The van der Waals surface area contributed by atoms with Gasteiger partial charge in [-0.2, -0.15) is 0 Å². The highest BCUT2D eigenvalue weighted by atomic mass is 31.2. The molecule has 2 fully saturated rings. The molecule has 0 heterocycles. The lowest BCUT2D eigenvalue weighted by Gasteiger charge is -2.34. The second kappa shape index (κ2) is 10.3. The molecule has 0 N–H and O–H groups in total. The van der Waals surface area contributed by atoms with Gasteiger partial charge in [0.25, 0.3) is 0 Å². The number of rotatable bonds is 9. The minimum atomic E-state index is -2.98. The van der Waals surface area contributed by atoms with Gasteiger partial charge < -0.3 is 9.05 Å². The lowest BCUT2D eigenvalue weighted by atomic mass is 9.86. The molecule has 0 aromatic heterocycles. The van der Waals surface area contributed by atoms with Crippen molar-refractivity contribution in [3.8, 4) is 0 Å². The molecule has 0 aliphatic heterocycles. The quantitative estimate of drug-likeness (QED) is 0.418. The molecule has 2 atom stereocenters. The summed E-state index contributed by atoms with van der Waals surface area (Å²) >= 11 is 0. The molecule has 4 heteroatoms. The van der Waals surface area contributed by atoms with Gasteiger partial charge in [-0.05, 0) is 57.8 Å². The van der Waals surface area contributed by atoms with E-state index in [1.165, 1.54) is 64.2 Å². The summed E-state index contributed by atoms with van der Waals surface area (Å²) in [4.78, 5) is 0. The van der Waals surface area contributed by atoms with E-state index >= 15 is 0 Å². The average molecular weight is 359 g/mol. The highest BCUT2D eigenvalue weighted by molar-refractivity contribution is 7.53. The molecule has 2 aliphatic rings. The van der Waals surface area contributed by atoms with Gasteiger partial charge in [0.05, 0.1) is 18.4 Å². The lowest BCUT2D eigenvalue weighted by Crippen LogP contribution is -2.26. The third kappa shape index (κ3) is 6.46. The third-order valence-corrected chi connectivity index (χ3v) is 8.24. The van der Waals surface area contributed by atoms with Crippen molar-refractivity contribution >= 4 is 7.60 Å². The van der Waals surface area contributed by atoms with Gasteiger partial charge in [-0.25, -0.2) is 0 Å². The van der Waals surface area contributed by atoms with Crippen molar-refractivity contribution in [1.82, 2.24) is 0 Å². The smallest absolute Gasteiger partial charge is 0.305 e. The van der Waals surface area contributed by atoms with Gasteiger partial charge >= 0.3 is 7.60 Å². The highest BCUT2D eigenvalue weighted by Gasteiger charge is 2.34. The van der Waals surface area contributed by atoms with Crippen LogP contribution in [0.4, 0.5) is 0 Å². The normalized spacial score (nSPS) is 26.0. The first-order valence-electron chi connectivity index (χ1n) is 10.5. The van der Waals surface area contributed by atoms with Crippen LogP contribution in [0.1, 0.15) is 97.8 Å². The zero-order chi connectivity index (χ0) is 17.4. The maximum atomic E-state index is 13.4. The van der Waals surface area contributed by atoms with Crippen LogP contribution in [0, 0.1) is 11.8 Å². The van der Waals surface area contributed by atoms with Crippen molar-refractivity contribution in [2.24, 2.45) is 11.8 Å². The summed E-state index contributed by atoms with van der Waals surface area (Å²) in [6, 6.07) is 0. The fourth-order valence-corrected chi connectivity index (χ4v) is 6.69. The van der Waals surface area contributed by atoms with Gasteiger partial charge in [-0.1, -0.05) is 51.9 Å². The SMILES string of the molecule is CCCCP(=O)(OC(C)C1CCCCC1)OC(C)C1CCCCC1. The van der Waals surface area contributed by atoms with Gasteiger partial charge in [0, 0.05) is 0 Å². The Kier molecular flexibility index (Phi) is 8.81. The Hall–Kier alpha value is 0.150. The zero-order valence-corrected chi connectivity index (χ0v) is 17.1. The third-order valence-electron chi connectivity index (χ3n) is 6.07. The molecule has 0 aromatic rings. The molecule has 3 nitrogen and oxygen atoms in total. The Morgan fingerprint density at radius 2 is 1.25 bits per heavy atom. The van der Waals surface area contributed by atoms with Crippen LogP contribution < -0.4 is 0 Å². The topological polar surface area (TPSA) is 35.5 Å². The molecule has 2 rings (SSSR count). The van der Waals surface area contributed by atoms with Crippen molar-refractivity contribution in [3.05, 3.63) is 0 Å². The molecule has 142 valence electrons. The summed E-state index contributed by atoms with van der Waals surface area (Å²) in [5.74, 6) is 1.12. The van der Waals surface area contributed by atoms with Crippen LogP contribution in [0.2, 0.25) is 0 Å². The molecule has 0 spiro atoms. The van der Waals surface area contributed by atoms with E-state index in [0.717, 1.165) is 12.8 Å². The fraction of sp³-hybridized carbons (Fsp3) is 1.00. The van der Waals surface area contributed by atoms with Crippen molar-refractivity contribution in [2.45, 2.75) is 110 Å². The van der Waals surface area contributed by atoms with Gasteiger partial charge in [0.2, 0.25) is 0 Å². The van der Waals surface area contributed by atoms with E-state index in [0.29, 0.717) is 18.0 Å². The Morgan fingerprint density at radius 1 is 0.833 bits per heavy atom.